The van der Waals surface area contributed by atoms with Gasteiger partial charge in [-0.05, 0) is 6.42 Å². The largest absolute Gasteiger partial charge is 0.496 e. The average Bonchev–Trinajstić information content (AvgIpc) is 3.43. The standard InChI is InChI=1S/C19H20F2N8O3/c1-32-13-4-15(26-16-5-14(22)25-18(27-16)17(20)21)23-7-12(13)10-6-24-29(8-10)11-2-3-28(9-11)19(30)31/h4-8,11,17H,2-3,9H2,1H3,(H,30,31)(H3,22,23,25,26,27). The van der Waals surface area contributed by atoms with Crippen molar-refractivity contribution in [1.29, 1.82) is 0 Å². The van der Waals surface area contributed by atoms with Gasteiger partial charge in [0.2, 0.25) is 0 Å². The summed E-state index contributed by atoms with van der Waals surface area (Å²) >= 11 is 0. The van der Waals surface area contributed by atoms with Crippen LogP contribution in [0.25, 0.3) is 11.1 Å². The van der Waals surface area contributed by atoms with Crippen LogP contribution in [0.2, 0.25) is 0 Å². The molecule has 1 aliphatic rings. The van der Waals surface area contributed by atoms with Crippen LogP contribution in [0.5, 0.6) is 5.75 Å². The second kappa shape index (κ2) is 8.61. The van der Waals surface area contributed by atoms with Gasteiger partial charge in [0.15, 0.2) is 5.82 Å². The van der Waals surface area contributed by atoms with E-state index >= 15 is 0 Å². The third-order valence-corrected chi connectivity index (χ3v) is 5.02. The van der Waals surface area contributed by atoms with E-state index in [2.05, 4.69) is 25.4 Å². The summed E-state index contributed by atoms with van der Waals surface area (Å²) in [5.41, 5.74) is 6.97. The highest BCUT2D eigenvalue weighted by atomic mass is 19.3. The molecule has 11 nitrogen and oxygen atoms in total. The van der Waals surface area contributed by atoms with Gasteiger partial charge in [-0.1, -0.05) is 0 Å². The van der Waals surface area contributed by atoms with E-state index in [9.17, 15) is 13.6 Å². The lowest BCUT2D eigenvalue weighted by Crippen LogP contribution is -2.27. The van der Waals surface area contributed by atoms with Gasteiger partial charge in [-0.2, -0.15) is 5.10 Å². The molecule has 1 amide bonds. The number of ether oxygens (including phenoxy) is 1. The van der Waals surface area contributed by atoms with Crippen LogP contribution in [0.15, 0.2) is 30.7 Å². The van der Waals surface area contributed by atoms with Gasteiger partial charge >= 0.3 is 6.09 Å². The van der Waals surface area contributed by atoms with Crippen LogP contribution >= 0.6 is 0 Å². The van der Waals surface area contributed by atoms with Gasteiger partial charge in [-0.25, -0.2) is 28.5 Å². The number of methoxy groups -OCH3 is 1. The number of alkyl halides is 2. The maximum absolute atomic E-state index is 12.9. The van der Waals surface area contributed by atoms with Crippen molar-refractivity contribution in [1.82, 2.24) is 29.6 Å². The molecule has 4 heterocycles. The summed E-state index contributed by atoms with van der Waals surface area (Å²) in [4.78, 5) is 24.0. The van der Waals surface area contributed by atoms with Crippen LogP contribution in [0.3, 0.4) is 0 Å². The molecule has 3 aromatic rings. The predicted octanol–water partition coefficient (Wildman–Crippen LogP) is 2.93. The molecule has 0 aliphatic carbocycles. The molecule has 0 bridgehead atoms. The number of pyridine rings is 1. The number of likely N-dealkylation sites (tertiary alicyclic amines) is 1. The molecule has 1 atom stereocenters. The zero-order valence-corrected chi connectivity index (χ0v) is 16.9. The van der Waals surface area contributed by atoms with Crippen molar-refractivity contribution < 1.29 is 23.4 Å². The molecule has 4 rings (SSSR count). The van der Waals surface area contributed by atoms with Crippen molar-refractivity contribution in [3.05, 3.63) is 36.5 Å². The summed E-state index contributed by atoms with van der Waals surface area (Å²) in [6.07, 6.45) is 1.88. The number of carboxylic acid groups (broad SMARTS) is 1. The molecule has 0 saturated carbocycles. The van der Waals surface area contributed by atoms with Gasteiger partial charge in [0, 0.05) is 48.7 Å². The lowest BCUT2D eigenvalue weighted by atomic mass is 10.1. The zero-order chi connectivity index (χ0) is 22.8. The second-order valence-corrected chi connectivity index (χ2v) is 7.11. The summed E-state index contributed by atoms with van der Waals surface area (Å²) in [5, 5.41) is 16.3. The van der Waals surface area contributed by atoms with Crippen LogP contribution < -0.4 is 15.8 Å². The number of nitrogens with one attached hydrogen (secondary N) is 1. The molecule has 3 aromatic heterocycles. The van der Waals surface area contributed by atoms with E-state index in [1.54, 1.807) is 23.1 Å². The molecule has 13 heteroatoms. The molecule has 0 aromatic carbocycles. The SMILES string of the molecule is COc1cc(Nc2cc(N)nc(C(F)F)n2)ncc1-c1cnn(C2CCN(C(=O)O)C2)c1. The number of nitrogens with two attached hydrogens (primary N) is 1. The molecule has 4 N–H and O–H groups in total. The highest BCUT2D eigenvalue weighted by Crippen LogP contribution is 2.33. The van der Waals surface area contributed by atoms with Crippen molar-refractivity contribution >= 4 is 23.5 Å². The van der Waals surface area contributed by atoms with Gasteiger partial charge < -0.3 is 25.8 Å². The molecule has 1 saturated heterocycles. The summed E-state index contributed by atoms with van der Waals surface area (Å²) in [6.45, 7) is 0.832. The van der Waals surface area contributed by atoms with E-state index in [-0.39, 0.29) is 17.7 Å². The predicted molar refractivity (Wildman–Crippen MR) is 110 cm³/mol. The Morgan fingerprint density at radius 2 is 2.12 bits per heavy atom. The van der Waals surface area contributed by atoms with Crippen molar-refractivity contribution in [2.75, 3.05) is 31.2 Å². The average molecular weight is 446 g/mol. The van der Waals surface area contributed by atoms with E-state index in [0.29, 0.717) is 36.6 Å². The zero-order valence-electron chi connectivity index (χ0n) is 16.9. The Morgan fingerprint density at radius 1 is 1.31 bits per heavy atom. The summed E-state index contributed by atoms with van der Waals surface area (Å²) in [6, 6.07) is 2.86. The summed E-state index contributed by atoms with van der Waals surface area (Å²) < 4.78 is 33.0. The number of aromatic nitrogens is 5. The maximum Gasteiger partial charge on any atom is 0.407 e. The molecule has 32 heavy (non-hydrogen) atoms. The van der Waals surface area contributed by atoms with Gasteiger partial charge in [-0.15, -0.1) is 0 Å². The Bertz CT molecular complexity index is 1140. The summed E-state index contributed by atoms with van der Waals surface area (Å²) in [7, 11) is 1.49. The lowest BCUT2D eigenvalue weighted by Gasteiger charge is -2.13. The molecular formula is C19H20F2N8O3. The molecule has 168 valence electrons. The number of amides is 1. The van der Waals surface area contributed by atoms with Crippen LogP contribution in [0.1, 0.15) is 24.7 Å². The van der Waals surface area contributed by atoms with Gasteiger partial charge in [0.05, 0.1) is 19.3 Å². The minimum Gasteiger partial charge on any atom is -0.496 e. The van der Waals surface area contributed by atoms with Crippen LogP contribution in [0, 0.1) is 0 Å². The first-order chi connectivity index (χ1) is 15.3. The number of carbonyl (C=O) groups is 1. The van der Waals surface area contributed by atoms with E-state index < -0.39 is 18.3 Å². The van der Waals surface area contributed by atoms with Gasteiger partial charge in [0.25, 0.3) is 6.43 Å². The van der Waals surface area contributed by atoms with Crippen molar-refractivity contribution in [3.63, 3.8) is 0 Å². The Balaban J connectivity index is 1.55. The molecular weight excluding hydrogens is 426 g/mol. The van der Waals surface area contributed by atoms with E-state index in [1.807, 2.05) is 6.20 Å². The van der Waals surface area contributed by atoms with Crippen LogP contribution in [0.4, 0.5) is 31.0 Å². The monoisotopic (exact) mass is 446 g/mol. The molecule has 1 fully saturated rings. The Labute approximate surface area is 180 Å². The number of nitrogen functional groups attached to an aromatic ring is 1. The van der Waals surface area contributed by atoms with E-state index in [1.165, 1.54) is 18.1 Å². The number of halogens is 2. The quantitative estimate of drug-likeness (QED) is 0.520. The first kappa shape index (κ1) is 21.2. The number of anilines is 3. The summed E-state index contributed by atoms with van der Waals surface area (Å²) in [5.74, 6) is 0.0761. The first-order valence-electron chi connectivity index (χ1n) is 9.60. The topological polar surface area (TPSA) is 144 Å². The minimum absolute atomic E-state index is 0.0491. The molecule has 1 aliphatic heterocycles. The Morgan fingerprint density at radius 3 is 2.81 bits per heavy atom. The van der Waals surface area contributed by atoms with E-state index in [0.717, 1.165) is 5.56 Å². The van der Waals surface area contributed by atoms with E-state index in [4.69, 9.17) is 15.6 Å². The Kier molecular flexibility index (Phi) is 5.71. The number of rotatable bonds is 6. The fourth-order valence-corrected chi connectivity index (χ4v) is 3.48. The Hall–Kier alpha value is -4.03. The highest BCUT2D eigenvalue weighted by Gasteiger charge is 2.28. The fraction of sp³-hybridized carbons (Fsp3) is 0.316. The highest BCUT2D eigenvalue weighted by molar-refractivity contribution is 5.71. The van der Waals surface area contributed by atoms with Gasteiger partial charge in [-0.3, -0.25) is 4.68 Å². The third kappa shape index (κ3) is 4.36. The lowest BCUT2D eigenvalue weighted by molar-refractivity contribution is 0.140. The van der Waals surface area contributed by atoms with Crippen LogP contribution in [-0.4, -0.2) is 61.0 Å². The maximum atomic E-state index is 12.9. The molecule has 0 spiro atoms. The number of hydrogen-bond acceptors (Lipinski definition) is 8. The molecule has 1 unspecified atom stereocenters. The minimum atomic E-state index is -2.86. The normalized spacial score (nSPS) is 15.9. The van der Waals surface area contributed by atoms with Crippen molar-refractivity contribution in [2.24, 2.45) is 0 Å². The molecule has 0 radical (unpaired) electrons. The second-order valence-electron chi connectivity index (χ2n) is 7.11. The van der Waals surface area contributed by atoms with Gasteiger partial charge in [0.1, 0.15) is 23.2 Å². The fourth-order valence-electron chi connectivity index (χ4n) is 3.48. The smallest absolute Gasteiger partial charge is 0.407 e. The number of nitrogens with zero attached hydrogens (tertiary/aromatic N) is 6. The van der Waals surface area contributed by atoms with Crippen molar-refractivity contribution in [2.45, 2.75) is 18.9 Å². The van der Waals surface area contributed by atoms with Crippen LogP contribution in [-0.2, 0) is 0 Å². The first-order valence-corrected chi connectivity index (χ1v) is 9.60. The number of hydrogen-bond donors (Lipinski definition) is 3. The third-order valence-electron chi connectivity index (χ3n) is 5.02. The van der Waals surface area contributed by atoms with Crippen molar-refractivity contribution in [3.8, 4) is 16.9 Å².